The molecule has 1 atom stereocenters. The Balaban J connectivity index is 1.37. The standard InChI is InChI=1S/C22H24FN3O4S/c1-14-11-16-12-19(7-8-20(16)26(14)22(28)15-5-6-15)31(29,30)24-10-9-21(27)25-18-4-2-3-17(23)13-18/h2-4,7-8,12-15,24H,5-6,9-11H2,1H3,(H,25,27)/t14-/m0/s1. The van der Waals surface area contributed by atoms with Crippen molar-refractivity contribution >= 4 is 33.2 Å². The second-order valence-electron chi connectivity index (χ2n) is 8.03. The smallest absolute Gasteiger partial charge is 0.240 e. The summed E-state index contributed by atoms with van der Waals surface area (Å²) in [7, 11) is -3.81. The number of nitrogens with zero attached hydrogens (tertiary/aromatic N) is 1. The molecule has 0 bridgehead atoms. The average Bonchev–Trinajstić information content (AvgIpc) is 3.49. The highest BCUT2D eigenvalue weighted by Gasteiger charge is 2.39. The van der Waals surface area contributed by atoms with Gasteiger partial charge in [0.1, 0.15) is 5.82 Å². The predicted molar refractivity (Wildman–Crippen MR) is 115 cm³/mol. The molecule has 2 amide bonds. The molecule has 0 aromatic heterocycles. The maximum Gasteiger partial charge on any atom is 0.240 e. The molecule has 0 radical (unpaired) electrons. The minimum atomic E-state index is -3.81. The molecule has 7 nitrogen and oxygen atoms in total. The van der Waals surface area contributed by atoms with Crippen molar-refractivity contribution in [2.75, 3.05) is 16.8 Å². The van der Waals surface area contributed by atoms with Gasteiger partial charge in [-0.25, -0.2) is 17.5 Å². The Labute approximate surface area is 180 Å². The predicted octanol–water partition coefficient (Wildman–Crippen LogP) is 2.82. The Bertz CT molecular complexity index is 1130. The van der Waals surface area contributed by atoms with Gasteiger partial charge in [-0.05, 0) is 68.1 Å². The van der Waals surface area contributed by atoms with E-state index in [4.69, 9.17) is 0 Å². The third-order valence-electron chi connectivity index (χ3n) is 5.49. The molecule has 0 spiro atoms. The van der Waals surface area contributed by atoms with Gasteiger partial charge in [0.15, 0.2) is 0 Å². The van der Waals surface area contributed by atoms with Crippen LogP contribution in [0.25, 0.3) is 0 Å². The summed E-state index contributed by atoms with van der Waals surface area (Å²) in [4.78, 5) is 26.4. The second kappa shape index (κ2) is 8.39. The van der Waals surface area contributed by atoms with Gasteiger partial charge in [-0.1, -0.05) is 6.07 Å². The molecule has 0 saturated heterocycles. The van der Waals surface area contributed by atoms with Crippen molar-refractivity contribution in [2.45, 2.75) is 43.5 Å². The van der Waals surface area contributed by atoms with Gasteiger partial charge in [0.05, 0.1) is 4.90 Å². The van der Waals surface area contributed by atoms with E-state index in [0.29, 0.717) is 12.1 Å². The number of fused-ring (bicyclic) bond motifs is 1. The number of benzene rings is 2. The number of carbonyl (C=O) groups is 2. The Morgan fingerprint density at radius 2 is 1.94 bits per heavy atom. The number of anilines is 2. The van der Waals surface area contributed by atoms with Gasteiger partial charge in [0.2, 0.25) is 21.8 Å². The fraction of sp³-hybridized carbons (Fsp3) is 0.364. The maximum atomic E-state index is 13.2. The lowest BCUT2D eigenvalue weighted by Gasteiger charge is -2.22. The summed E-state index contributed by atoms with van der Waals surface area (Å²) < 4.78 is 40.9. The molecule has 9 heteroatoms. The second-order valence-corrected chi connectivity index (χ2v) is 9.80. The van der Waals surface area contributed by atoms with E-state index in [1.807, 2.05) is 6.92 Å². The van der Waals surface area contributed by atoms with E-state index in [9.17, 15) is 22.4 Å². The van der Waals surface area contributed by atoms with Gasteiger partial charge in [0.25, 0.3) is 0 Å². The summed E-state index contributed by atoms with van der Waals surface area (Å²) >= 11 is 0. The zero-order valence-electron chi connectivity index (χ0n) is 17.1. The first-order valence-electron chi connectivity index (χ1n) is 10.3. The maximum absolute atomic E-state index is 13.2. The molecule has 2 aromatic rings. The van der Waals surface area contributed by atoms with Gasteiger partial charge in [-0.15, -0.1) is 0 Å². The molecule has 2 N–H and O–H groups in total. The van der Waals surface area contributed by atoms with E-state index >= 15 is 0 Å². The zero-order valence-corrected chi connectivity index (χ0v) is 17.9. The van der Waals surface area contributed by atoms with Crippen LogP contribution in [0.5, 0.6) is 0 Å². The number of halogens is 1. The average molecular weight is 446 g/mol. The lowest BCUT2D eigenvalue weighted by molar-refractivity contribution is -0.120. The molecule has 1 saturated carbocycles. The van der Waals surface area contributed by atoms with Crippen LogP contribution in [0.2, 0.25) is 0 Å². The van der Waals surface area contributed by atoms with Crippen LogP contribution in [0.1, 0.15) is 31.7 Å². The van der Waals surface area contributed by atoms with Crippen LogP contribution < -0.4 is 14.9 Å². The molecule has 31 heavy (non-hydrogen) atoms. The molecule has 164 valence electrons. The molecule has 1 aliphatic carbocycles. The summed E-state index contributed by atoms with van der Waals surface area (Å²) in [6.45, 7) is 1.87. The van der Waals surface area contributed by atoms with E-state index < -0.39 is 21.7 Å². The topological polar surface area (TPSA) is 95.6 Å². The fourth-order valence-electron chi connectivity index (χ4n) is 3.81. The quantitative estimate of drug-likeness (QED) is 0.685. The SMILES string of the molecule is C[C@H]1Cc2cc(S(=O)(=O)NCCC(=O)Nc3cccc(F)c3)ccc2N1C(=O)C1CC1. The van der Waals surface area contributed by atoms with Crippen LogP contribution in [-0.4, -0.2) is 32.8 Å². The third-order valence-corrected chi connectivity index (χ3v) is 6.95. The van der Waals surface area contributed by atoms with Gasteiger partial charge >= 0.3 is 0 Å². The van der Waals surface area contributed by atoms with Crippen LogP contribution in [0.3, 0.4) is 0 Å². The van der Waals surface area contributed by atoms with Crippen LogP contribution in [0.4, 0.5) is 15.8 Å². The molecule has 1 fully saturated rings. The van der Waals surface area contributed by atoms with Gasteiger partial charge in [-0.3, -0.25) is 9.59 Å². The highest BCUT2D eigenvalue weighted by atomic mass is 32.2. The van der Waals surface area contributed by atoms with Crippen molar-refractivity contribution in [2.24, 2.45) is 5.92 Å². The minimum absolute atomic E-state index is 0.000493. The first-order chi connectivity index (χ1) is 14.7. The van der Waals surface area contributed by atoms with E-state index in [1.165, 1.54) is 24.3 Å². The lowest BCUT2D eigenvalue weighted by atomic mass is 10.1. The molecule has 2 aliphatic rings. The molecule has 1 heterocycles. The third kappa shape index (κ3) is 4.77. The highest BCUT2D eigenvalue weighted by Crippen LogP contribution is 2.39. The van der Waals surface area contributed by atoms with Crippen molar-refractivity contribution in [3.8, 4) is 0 Å². The summed E-state index contributed by atoms with van der Waals surface area (Å²) in [5.74, 6) is -0.687. The van der Waals surface area contributed by atoms with Crippen molar-refractivity contribution in [3.05, 3.63) is 53.8 Å². The number of rotatable bonds is 7. The Morgan fingerprint density at radius 3 is 2.65 bits per heavy atom. The highest BCUT2D eigenvalue weighted by molar-refractivity contribution is 7.89. The van der Waals surface area contributed by atoms with Gasteiger partial charge < -0.3 is 10.2 Å². The van der Waals surface area contributed by atoms with Crippen LogP contribution in [0.15, 0.2) is 47.4 Å². The Kier molecular flexibility index (Phi) is 5.81. The van der Waals surface area contributed by atoms with Crippen LogP contribution in [-0.2, 0) is 26.0 Å². The number of sulfonamides is 1. The first kappa shape index (κ1) is 21.5. The number of amides is 2. The summed E-state index contributed by atoms with van der Waals surface area (Å²) in [6.07, 6.45) is 2.34. The van der Waals surface area contributed by atoms with E-state index in [2.05, 4.69) is 10.0 Å². The summed E-state index contributed by atoms with van der Waals surface area (Å²) in [5.41, 5.74) is 1.91. The number of nitrogens with one attached hydrogen (secondary N) is 2. The van der Waals surface area contributed by atoms with Gasteiger partial charge in [0, 0.05) is 36.3 Å². The largest absolute Gasteiger partial charge is 0.326 e. The minimum Gasteiger partial charge on any atom is -0.326 e. The molecule has 2 aromatic carbocycles. The summed E-state index contributed by atoms with van der Waals surface area (Å²) in [5, 5.41) is 2.53. The van der Waals surface area contributed by atoms with Crippen molar-refractivity contribution in [1.29, 1.82) is 0 Å². The van der Waals surface area contributed by atoms with Crippen molar-refractivity contribution in [1.82, 2.24) is 4.72 Å². The normalized spacial score (nSPS) is 18.0. The zero-order chi connectivity index (χ0) is 22.2. The number of hydrogen-bond donors (Lipinski definition) is 2. The van der Waals surface area contributed by atoms with E-state index in [-0.39, 0.29) is 35.7 Å². The van der Waals surface area contributed by atoms with E-state index in [0.717, 1.165) is 24.1 Å². The monoisotopic (exact) mass is 445 g/mol. The van der Waals surface area contributed by atoms with Crippen LogP contribution >= 0.6 is 0 Å². The number of carbonyl (C=O) groups excluding carboxylic acids is 2. The van der Waals surface area contributed by atoms with Crippen LogP contribution in [0, 0.1) is 11.7 Å². The molecular formula is C22H24FN3O4S. The molecule has 0 unspecified atom stereocenters. The lowest BCUT2D eigenvalue weighted by Crippen LogP contribution is -2.36. The van der Waals surface area contributed by atoms with E-state index in [1.54, 1.807) is 23.1 Å². The van der Waals surface area contributed by atoms with Crippen molar-refractivity contribution < 1.29 is 22.4 Å². The molecule has 1 aliphatic heterocycles. The Hall–Kier alpha value is -2.78. The molecular weight excluding hydrogens is 421 g/mol. The first-order valence-corrected chi connectivity index (χ1v) is 11.7. The molecule has 4 rings (SSSR count). The summed E-state index contributed by atoms with van der Waals surface area (Å²) in [6, 6.07) is 10.2. The fourth-order valence-corrected chi connectivity index (χ4v) is 4.89. The van der Waals surface area contributed by atoms with Crippen molar-refractivity contribution in [3.63, 3.8) is 0 Å². The Morgan fingerprint density at radius 1 is 1.16 bits per heavy atom. The van der Waals surface area contributed by atoms with Gasteiger partial charge in [-0.2, -0.15) is 0 Å². The number of hydrogen-bond acceptors (Lipinski definition) is 4.